The summed E-state index contributed by atoms with van der Waals surface area (Å²) in [5.41, 5.74) is 0. The van der Waals surface area contributed by atoms with Gasteiger partial charge in [-0.05, 0) is 180 Å². The third-order valence-corrected chi connectivity index (χ3v) is 29.8. The van der Waals surface area contributed by atoms with Crippen LogP contribution >= 0.6 is 129 Å². The molecular formula is C113H134O9S11. The monoisotopic (exact) mass is 1990 g/mol. The summed E-state index contributed by atoms with van der Waals surface area (Å²) in [6.45, 7) is 15.1. The Morgan fingerprint density at radius 3 is 0.774 bits per heavy atom. The minimum absolute atomic E-state index is 0. The first-order valence-corrected chi connectivity index (χ1v) is 53.7. The van der Waals surface area contributed by atoms with Gasteiger partial charge in [-0.2, -0.15) is 11.8 Å². The highest BCUT2D eigenvalue weighted by molar-refractivity contribution is 8.02. The van der Waals surface area contributed by atoms with Crippen LogP contribution in [-0.2, 0) is 42.9 Å². The number of rotatable bonds is 40. The first kappa shape index (κ1) is 119. The molecule has 706 valence electrons. The van der Waals surface area contributed by atoms with E-state index in [9.17, 15) is 19.2 Å². The predicted molar refractivity (Wildman–Crippen MR) is 593 cm³/mol. The van der Waals surface area contributed by atoms with Crippen LogP contribution in [0.3, 0.4) is 0 Å². The highest BCUT2D eigenvalue weighted by Gasteiger charge is 2.41. The highest BCUT2D eigenvalue weighted by Crippen LogP contribution is 2.44. The summed E-state index contributed by atoms with van der Waals surface area (Å²) >= 11 is 19.1. The molecule has 2 aliphatic rings. The van der Waals surface area contributed by atoms with Gasteiger partial charge in [0.05, 0.1) is 12.0 Å². The van der Waals surface area contributed by atoms with Crippen molar-refractivity contribution < 1.29 is 42.9 Å². The molecule has 0 aliphatic heterocycles. The van der Waals surface area contributed by atoms with Crippen LogP contribution < -0.4 is 0 Å². The van der Waals surface area contributed by atoms with Gasteiger partial charge in [0.25, 0.3) is 0 Å². The number of thioether (sulfide) groups is 11. The summed E-state index contributed by atoms with van der Waals surface area (Å²) in [6.07, 6.45) is 20.4. The van der Waals surface area contributed by atoms with E-state index >= 15 is 0 Å². The van der Waals surface area contributed by atoms with Crippen LogP contribution in [0.5, 0.6) is 0 Å². The molecule has 0 amide bonds. The van der Waals surface area contributed by atoms with Crippen molar-refractivity contribution in [1.82, 2.24) is 0 Å². The van der Waals surface area contributed by atoms with Gasteiger partial charge in [0.2, 0.25) is 0 Å². The molecule has 0 radical (unpaired) electrons. The lowest BCUT2D eigenvalue weighted by atomic mass is 9.94. The molecule has 0 heterocycles. The fraction of sp³-hybridized carbons (Fsp3) is 0.274. The zero-order valence-electron chi connectivity index (χ0n) is 72.9. The van der Waals surface area contributed by atoms with E-state index in [0.29, 0.717) is 29.9 Å². The molecule has 12 aromatic rings. The Morgan fingerprint density at radius 1 is 0.323 bits per heavy atom. The molecule has 133 heavy (non-hydrogen) atoms. The van der Waals surface area contributed by atoms with Crippen molar-refractivity contribution >= 4 is 175 Å². The maximum Gasteiger partial charge on any atom is 0.330 e. The molecule has 12 aromatic carbocycles. The number of terminal acetylenes is 1. The van der Waals surface area contributed by atoms with Crippen LogP contribution in [0.1, 0.15) is 70.2 Å². The summed E-state index contributed by atoms with van der Waals surface area (Å²) in [5.74, 6) is 10.2. The van der Waals surface area contributed by atoms with E-state index in [4.69, 9.17) is 30.1 Å². The molecule has 1 saturated carbocycles. The fourth-order valence-electron chi connectivity index (χ4n) is 12.3. The van der Waals surface area contributed by atoms with Crippen LogP contribution in [-0.4, -0.2) is 131 Å². The van der Waals surface area contributed by atoms with Crippen LogP contribution in [0.25, 0.3) is 21.5 Å². The maximum atomic E-state index is 12.8. The van der Waals surface area contributed by atoms with Gasteiger partial charge < -0.3 is 23.7 Å². The van der Waals surface area contributed by atoms with Gasteiger partial charge in [-0.15, -0.1) is 124 Å². The standard InChI is InChI=1S/C26H22O2S2.C23H24O2S2.2C18H18O2S2.C18H18OS2.C3H8.C2H6S.5CH4/c1-2-26(27)28-23(17-29-24-13-11-19-7-3-5-9-21(19)15-24)18-30-25-14-12-20-8-4-6-10-22(20)16-25;24-23(22-14-17-11-12-18(22)13-17)25-19(15-26-20-7-3-1-4-8-20)16-27-21-9-5-2-6-10-21;2*1-2-18(19)20-15(13-21-16-9-5-3-6-10-16)14-22-17-11-7-4-8-12-17;1-2-13-19-16(14-20-17-9-5-3-6-10-17)15-21-18-11-7-4-8-12-18;2*1-3-2;;;;;/h2-16,23H,1,17-18H2;1-12,17-19,22H,13-16H2;2*2-12,15H,1,13-14H2;1,3-12,16H,13-15H2;3H2,1-2H3;1-2H3;5*1H4. The normalized spacial score (nSPS) is 12.6. The molecule has 1 fully saturated rings. The number of fused-ring (bicyclic) bond motifs is 4. The van der Waals surface area contributed by atoms with Gasteiger partial charge in [-0.25, -0.2) is 14.4 Å². The van der Waals surface area contributed by atoms with E-state index in [-0.39, 0.29) is 97.4 Å². The van der Waals surface area contributed by atoms with Crippen molar-refractivity contribution in [3.05, 3.63) is 378 Å². The maximum absolute atomic E-state index is 12.8. The van der Waals surface area contributed by atoms with Crippen LogP contribution in [0.4, 0.5) is 0 Å². The molecule has 0 aromatic heterocycles. The SMILES string of the molecule is C.C.C.C.C.C#CCOC(CSc1ccccc1)CSc1ccccc1.C=CC(=O)OC(CSc1ccc2ccccc2c1)CSc1ccc2ccccc2c1.C=CC(=O)OC(CSc1ccccc1)CSc1ccccc1.C=CC(=O)OC(CSc1ccccc1)CSc1ccccc1.CCC.CSC.O=C(OC(CSc1ccccc1)CSc1ccccc1)C1CC2C=CC1C2. The summed E-state index contributed by atoms with van der Waals surface area (Å²) in [4.78, 5) is 59.6. The summed E-state index contributed by atoms with van der Waals surface area (Å²) in [5, 5.41) is 4.88. The van der Waals surface area contributed by atoms with E-state index in [1.807, 2.05) is 182 Å². The zero-order valence-corrected chi connectivity index (χ0v) is 81.9. The highest BCUT2D eigenvalue weighted by atomic mass is 32.2. The Kier molecular flexibility index (Phi) is 64.8. The number of benzene rings is 12. The van der Waals surface area contributed by atoms with Gasteiger partial charge in [-0.1, -0.05) is 301 Å². The minimum Gasteiger partial charge on any atom is -0.460 e. The molecule has 2 aliphatic carbocycles. The first-order valence-electron chi connectivity index (χ1n) is 42.2. The number of carbonyl (C=O) groups is 4. The second kappa shape index (κ2) is 72.7. The Balaban J connectivity index is 0.000000420. The van der Waals surface area contributed by atoms with Crippen LogP contribution in [0.2, 0.25) is 0 Å². The van der Waals surface area contributed by atoms with Gasteiger partial charge >= 0.3 is 23.9 Å². The molecule has 0 saturated heterocycles. The van der Waals surface area contributed by atoms with Crippen molar-refractivity contribution in [2.45, 2.75) is 150 Å². The van der Waals surface area contributed by atoms with Gasteiger partial charge in [0, 0.05) is 125 Å². The number of hydrogen-bond donors (Lipinski definition) is 0. The molecule has 2 bridgehead atoms. The molecule has 0 spiro atoms. The number of allylic oxidation sites excluding steroid dienone is 2. The second-order valence-corrected chi connectivity index (χ2v) is 40.4. The van der Waals surface area contributed by atoms with Crippen molar-refractivity contribution in [3.63, 3.8) is 0 Å². The summed E-state index contributed by atoms with van der Waals surface area (Å²) in [7, 11) is 0. The molecule has 0 N–H and O–H groups in total. The summed E-state index contributed by atoms with van der Waals surface area (Å²) in [6, 6.07) is 111. The predicted octanol–water partition coefficient (Wildman–Crippen LogP) is 32.2. The van der Waals surface area contributed by atoms with Gasteiger partial charge in [-0.3, -0.25) is 4.79 Å². The number of hydrogen-bond acceptors (Lipinski definition) is 20. The lowest BCUT2D eigenvalue weighted by Crippen LogP contribution is -2.29. The number of ether oxygens (including phenoxy) is 5. The van der Waals surface area contributed by atoms with Crippen molar-refractivity contribution in [3.8, 4) is 12.3 Å². The molecule has 3 atom stereocenters. The topological polar surface area (TPSA) is 114 Å². The molecular weight excluding hydrogens is 1850 g/mol. The first-order chi connectivity index (χ1) is 62.7. The van der Waals surface area contributed by atoms with Crippen molar-refractivity contribution in [2.24, 2.45) is 17.8 Å². The van der Waals surface area contributed by atoms with E-state index in [1.54, 1.807) is 106 Å². The molecule has 3 unspecified atom stereocenters. The number of esters is 4. The number of carbonyl (C=O) groups excluding carboxylic acids is 4. The fourth-order valence-corrected chi connectivity index (χ4v) is 22.2. The lowest BCUT2D eigenvalue weighted by molar-refractivity contribution is -0.153. The van der Waals surface area contributed by atoms with E-state index in [2.05, 4.69) is 234 Å². The lowest BCUT2D eigenvalue weighted by Gasteiger charge is -2.22. The molecule has 20 heteroatoms. The van der Waals surface area contributed by atoms with Gasteiger partial charge in [0.15, 0.2) is 0 Å². The third-order valence-electron chi connectivity index (χ3n) is 18.4. The Hall–Kier alpha value is -8.63. The molecule has 14 rings (SSSR count). The smallest absolute Gasteiger partial charge is 0.330 e. The van der Waals surface area contributed by atoms with E-state index in [1.165, 1.54) is 95.1 Å². The van der Waals surface area contributed by atoms with E-state index < -0.39 is 0 Å². The van der Waals surface area contributed by atoms with Gasteiger partial charge in [0.1, 0.15) is 31.0 Å². The Bertz CT molecular complexity index is 4830. The van der Waals surface area contributed by atoms with Crippen molar-refractivity contribution in [2.75, 3.05) is 76.6 Å². The average Bonchev–Trinajstić information content (AvgIpc) is 1.64. The second-order valence-electron chi connectivity index (χ2n) is 28.6. The van der Waals surface area contributed by atoms with Crippen LogP contribution in [0, 0.1) is 30.1 Å². The van der Waals surface area contributed by atoms with E-state index in [0.717, 1.165) is 58.9 Å². The zero-order chi connectivity index (χ0) is 90.7. The Morgan fingerprint density at radius 2 is 0.549 bits per heavy atom. The Labute approximate surface area is 844 Å². The van der Waals surface area contributed by atoms with Crippen molar-refractivity contribution in [1.29, 1.82) is 0 Å². The quantitative estimate of drug-likeness (QED) is 0.00905. The molecule has 9 nitrogen and oxygen atoms in total. The third kappa shape index (κ3) is 49.1. The average molecular weight is 1990 g/mol. The largest absolute Gasteiger partial charge is 0.460 e. The van der Waals surface area contributed by atoms with Crippen LogP contribution in [0.15, 0.2) is 427 Å². The minimum atomic E-state index is -0.377. The summed E-state index contributed by atoms with van der Waals surface area (Å²) < 4.78 is 28.3.